The summed E-state index contributed by atoms with van der Waals surface area (Å²) < 4.78 is 0. The summed E-state index contributed by atoms with van der Waals surface area (Å²) in [4.78, 5) is 14.9. The molecule has 0 saturated heterocycles. The highest BCUT2D eigenvalue weighted by Crippen LogP contribution is 2.13. The van der Waals surface area contributed by atoms with Crippen LogP contribution < -0.4 is 5.32 Å². The normalized spacial score (nSPS) is 9.94. The van der Waals surface area contributed by atoms with Gasteiger partial charge < -0.3 is 5.32 Å². The zero-order valence-corrected chi connectivity index (χ0v) is 9.82. The molecule has 0 amide bonds. The number of rotatable bonds is 4. The lowest BCUT2D eigenvalue weighted by Crippen LogP contribution is -2.03. The highest BCUT2D eigenvalue weighted by Gasteiger charge is 2.01. The van der Waals surface area contributed by atoms with Crippen molar-refractivity contribution in [2.24, 2.45) is 0 Å². The van der Waals surface area contributed by atoms with Gasteiger partial charge in [-0.25, -0.2) is 4.98 Å². The third-order valence-electron chi connectivity index (χ3n) is 2.34. The minimum atomic E-state index is 0.557. The molecule has 0 spiro atoms. The van der Waals surface area contributed by atoms with E-state index in [1.54, 1.807) is 18.3 Å². The Kier molecular flexibility index (Phi) is 3.73. The summed E-state index contributed by atoms with van der Waals surface area (Å²) in [6.07, 6.45) is 2.44. The number of benzene rings is 1. The average molecular weight is 247 g/mol. The van der Waals surface area contributed by atoms with E-state index in [9.17, 15) is 4.79 Å². The number of halogens is 1. The van der Waals surface area contributed by atoms with Crippen LogP contribution in [0.15, 0.2) is 42.6 Å². The molecule has 0 fully saturated rings. The summed E-state index contributed by atoms with van der Waals surface area (Å²) in [6.45, 7) is 0.606. The summed E-state index contributed by atoms with van der Waals surface area (Å²) in [5, 5.41) is 3.82. The first-order chi connectivity index (χ1) is 8.29. The van der Waals surface area contributed by atoms with E-state index >= 15 is 0 Å². The van der Waals surface area contributed by atoms with Gasteiger partial charge >= 0.3 is 0 Å². The molecule has 2 rings (SSSR count). The highest BCUT2D eigenvalue weighted by atomic mass is 35.5. The summed E-state index contributed by atoms with van der Waals surface area (Å²) in [5.74, 6) is 0.595. The van der Waals surface area contributed by atoms with E-state index in [0.717, 1.165) is 11.8 Å². The Morgan fingerprint density at radius 3 is 2.71 bits per heavy atom. The second kappa shape index (κ2) is 5.46. The fourth-order valence-corrected chi connectivity index (χ4v) is 1.57. The van der Waals surface area contributed by atoms with Crippen molar-refractivity contribution in [3.8, 4) is 0 Å². The monoisotopic (exact) mass is 246 g/mol. The topological polar surface area (TPSA) is 42.0 Å². The van der Waals surface area contributed by atoms with Gasteiger partial charge in [-0.05, 0) is 29.8 Å². The number of carbonyl (C=O) groups excluding carboxylic acids is 1. The van der Waals surface area contributed by atoms with Crippen LogP contribution in [0.4, 0.5) is 5.82 Å². The third-order valence-corrected chi connectivity index (χ3v) is 2.59. The van der Waals surface area contributed by atoms with Crippen LogP contribution in [0.2, 0.25) is 5.02 Å². The lowest BCUT2D eigenvalue weighted by molar-refractivity contribution is 0.112. The van der Waals surface area contributed by atoms with Gasteiger partial charge in [-0.2, -0.15) is 0 Å². The smallest absolute Gasteiger partial charge is 0.153 e. The van der Waals surface area contributed by atoms with Crippen molar-refractivity contribution in [1.82, 2.24) is 4.98 Å². The first-order valence-corrected chi connectivity index (χ1v) is 5.56. The molecule has 0 aliphatic heterocycles. The fraction of sp³-hybridized carbons (Fsp3) is 0.0769. The van der Waals surface area contributed by atoms with Crippen LogP contribution in [-0.4, -0.2) is 11.3 Å². The number of aldehydes is 1. The molecule has 1 heterocycles. The maximum absolute atomic E-state index is 10.8. The lowest BCUT2D eigenvalue weighted by atomic mass is 10.2. The Balaban J connectivity index is 2.07. The molecule has 0 atom stereocenters. The first kappa shape index (κ1) is 11.6. The van der Waals surface area contributed by atoms with E-state index in [-0.39, 0.29) is 0 Å². The van der Waals surface area contributed by atoms with Crippen LogP contribution in [0.25, 0.3) is 0 Å². The largest absolute Gasteiger partial charge is 0.365 e. The second-order valence-electron chi connectivity index (χ2n) is 3.54. The predicted molar refractivity (Wildman–Crippen MR) is 68.4 cm³/mol. The minimum Gasteiger partial charge on any atom is -0.365 e. The second-order valence-corrected chi connectivity index (χ2v) is 3.98. The van der Waals surface area contributed by atoms with Crippen molar-refractivity contribution in [2.75, 3.05) is 5.32 Å². The molecule has 2 aromatic rings. The number of aromatic nitrogens is 1. The molecule has 17 heavy (non-hydrogen) atoms. The molecule has 0 aliphatic carbocycles. The first-order valence-electron chi connectivity index (χ1n) is 5.18. The number of anilines is 1. The van der Waals surface area contributed by atoms with Gasteiger partial charge in [0.15, 0.2) is 6.29 Å². The van der Waals surface area contributed by atoms with E-state index in [0.29, 0.717) is 22.9 Å². The van der Waals surface area contributed by atoms with Crippen LogP contribution in [0, 0.1) is 0 Å². The summed E-state index contributed by atoms with van der Waals surface area (Å²) >= 11 is 5.80. The number of carbonyl (C=O) groups is 1. The molecular formula is C13H11ClN2O. The molecule has 4 heteroatoms. The Bertz CT molecular complexity index is 511. The van der Waals surface area contributed by atoms with Gasteiger partial charge in [0.1, 0.15) is 5.82 Å². The van der Waals surface area contributed by atoms with E-state index in [1.807, 2.05) is 24.3 Å². The molecule has 0 aliphatic rings. The molecule has 0 radical (unpaired) electrons. The third kappa shape index (κ3) is 3.04. The van der Waals surface area contributed by atoms with Crippen LogP contribution in [0.5, 0.6) is 0 Å². The number of nitrogens with one attached hydrogen (secondary N) is 1. The SMILES string of the molecule is O=Cc1cccnc1NCc1ccc(Cl)cc1. The van der Waals surface area contributed by atoms with Crippen molar-refractivity contribution >= 4 is 23.7 Å². The van der Waals surface area contributed by atoms with Crippen molar-refractivity contribution in [3.05, 3.63) is 58.7 Å². The minimum absolute atomic E-state index is 0.557. The van der Waals surface area contributed by atoms with Crippen LogP contribution in [0.3, 0.4) is 0 Å². The summed E-state index contributed by atoms with van der Waals surface area (Å²) in [5.41, 5.74) is 1.64. The predicted octanol–water partition coefficient (Wildman–Crippen LogP) is 3.16. The lowest BCUT2D eigenvalue weighted by Gasteiger charge is -2.07. The molecule has 3 nitrogen and oxygen atoms in total. The Morgan fingerprint density at radius 1 is 1.24 bits per heavy atom. The number of nitrogens with zero attached hydrogens (tertiary/aromatic N) is 1. The average Bonchev–Trinajstić information content (AvgIpc) is 2.38. The standard InChI is InChI=1S/C13H11ClN2O/c14-12-5-3-10(4-6-12)8-16-13-11(9-17)2-1-7-15-13/h1-7,9H,8H2,(H,15,16). The molecule has 1 aromatic heterocycles. The molecule has 1 aromatic carbocycles. The van der Waals surface area contributed by atoms with Crippen LogP contribution in [0.1, 0.15) is 15.9 Å². The highest BCUT2D eigenvalue weighted by molar-refractivity contribution is 6.30. The Labute approximate surface area is 104 Å². The van der Waals surface area contributed by atoms with Crippen molar-refractivity contribution < 1.29 is 4.79 Å². The molecule has 1 N–H and O–H groups in total. The van der Waals surface area contributed by atoms with Crippen LogP contribution >= 0.6 is 11.6 Å². The van der Waals surface area contributed by atoms with Gasteiger partial charge in [0.05, 0.1) is 5.56 Å². The quantitative estimate of drug-likeness (QED) is 0.843. The Hall–Kier alpha value is -1.87. The van der Waals surface area contributed by atoms with E-state index < -0.39 is 0 Å². The van der Waals surface area contributed by atoms with E-state index in [4.69, 9.17) is 11.6 Å². The number of hydrogen-bond acceptors (Lipinski definition) is 3. The van der Waals surface area contributed by atoms with Gasteiger partial charge in [-0.15, -0.1) is 0 Å². The molecule has 86 valence electrons. The zero-order valence-electron chi connectivity index (χ0n) is 9.06. The fourth-order valence-electron chi connectivity index (χ4n) is 1.45. The number of pyridine rings is 1. The van der Waals surface area contributed by atoms with Gasteiger partial charge in [-0.3, -0.25) is 4.79 Å². The Morgan fingerprint density at radius 2 is 2.00 bits per heavy atom. The number of hydrogen-bond donors (Lipinski definition) is 1. The molecule has 0 unspecified atom stereocenters. The van der Waals surface area contributed by atoms with Crippen LogP contribution in [-0.2, 0) is 6.54 Å². The summed E-state index contributed by atoms with van der Waals surface area (Å²) in [7, 11) is 0. The maximum Gasteiger partial charge on any atom is 0.153 e. The van der Waals surface area contributed by atoms with Crippen molar-refractivity contribution in [3.63, 3.8) is 0 Å². The summed E-state index contributed by atoms with van der Waals surface area (Å²) in [6, 6.07) is 11.0. The molecule has 0 saturated carbocycles. The van der Waals surface area contributed by atoms with Crippen molar-refractivity contribution in [1.29, 1.82) is 0 Å². The van der Waals surface area contributed by atoms with Gasteiger partial charge in [0.2, 0.25) is 0 Å². The van der Waals surface area contributed by atoms with E-state index in [2.05, 4.69) is 10.3 Å². The molecule has 0 bridgehead atoms. The maximum atomic E-state index is 10.8. The zero-order chi connectivity index (χ0) is 12.1. The van der Waals surface area contributed by atoms with Gasteiger partial charge in [0, 0.05) is 17.8 Å². The van der Waals surface area contributed by atoms with Crippen molar-refractivity contribution in [2.45, 2.75) is 6.54 Å². The van der Waals surface area contributed by atoms with Gasteiger partial charge in [-0.1, -0.05) is 23.7 Å². The van der Waals surface area contributed by atoms with Gasteiger partial charge in [0.25, 0.3) is 0 Å². The van der Waals surface area contributed by atoms with E-state index in [1.165, 1.54) is 0 Å². The molecular weight excluding hydrogens is 236 g/mol.